The molecule has 1 amide bonds. The molecule has 0 atom stereocenters. The molecule has 0 spiro atoms. The van der Waals surface area contributed by atoms with Crippen LogP contribution in [0, 0.1) is 5.82 Å². The molecule has 0 aliphatic heterocycles. The molecular formula is C15H14ClFN2O4S. The molecule has 0 aliphatic rings. The number of pyridine rings is 1. The van der Waals surface area contributed by atoms with Crippen molar-refractivity contribution in [3.05, 3.63) is 64.2 Å². The van der Waals surface area contributed by atoms with Gasteiger partial charge < -0.3 is 4.74 Å². The number of nitrogens with one attached hydrogen (secondary N) is 1. The first-order valence-electron chi connectivity index (χ1n) is 6.73. The minimum absolute atomic E-state index is 0.0151. The van der Waals surface area contributed by atoms with Gasteiger partial charge in [0.25, 0.3) is 5.91 Å². The van der Waals surface area contributed by atoms with Crippen molar-refractivity contribution < 1.29 is 22.3 Å². The van der Waals surface area contributed by atoms with Crippen LogP contribution in [0.5, 0.6) is 0 Å². The normalized spacial score (nSPS) is 11.3. The number of nitrogens with zero attached hydrogens (tertiary/aromatic N) is 1. The number of methoxy groups -OCH3 is 1. The van der Waals surface area contributed by atoms with Gasteiger partial charge in [0.15, 0.2) is 0 Å². The van der Waals surface area contributed by atoms with Crippen molar-refractivity contribution >= 4 is 27.5 Å². The number of hydrogen-bond donors (Lipinski definition) is 1. The van der Waals surface area contributed by atoms with Gasteiger partial charge in [0, 0.05) is 24.4 Å². The SMILES string of the molecule is COCc1cc(C(=O)NS(=O)(=O)Cc2ccc(Cl)nc2)ccc1F. The third-order valence-electron chi connectivity index (χ3n) is 3.00. The van der Waals surface area contributed by atoms with Gasteiger partial charge in [0.05, 0.1) is 12.4 Å². The van der Waals surface area contributed by atoms with E-state index in [1.807, 2.05) is 4.72 Å². The van der Waals surface area contributed by atoms with Gasteiger partial charge >= 0.3 is 0 Å². The summed E-state index contributed by atoms with van der Waals surface area (Å²) in [6.45, 7) is -0.0316. The fourth-order valence-electron chi connectivity index (χ4n) is 1.93. The number of aromatic nitrogens is 1. The molecule has 0 radical (unpaired) electrons. The number of amides is 1. The van der Waals surface area contributed by atoms with E-state index in [4.69, 9.17) is 16.3 Å². The molecule has 0 bridgehead atoms. The highest BCUT2D eigenvalue weighted by atomic mass is 35.5. The lowest BCUT2D eigenvalue weighted by molar-refractivity contribution is 0.0981. The number of ether oxygens (including phenoxy) is 1. The van der Waals surface area contributed by atoms with Crippen LogP contribution in [0.2, 0.25) is 5.15 Å². The maximum absolute atomic E-state index is 13.5. The third-order valence-corrected chi connectivity index (χ3v) is 4.43. The molecule has 1 heterocycles. The van der Waals surface area contributed by atoms with Crippen molar-refractivity contribution in [3.63, 3.8) is 0 Å². The number of halogens is 2. The topological polar surface area (TPSA) is 85.4 Å². The summed E-state index contributed by atoms with van der Waals surface area (Å²) in [5.41, 5.74) is 0.546. The Balaban J connectivity index is 2.13. The van der Waals surface area contributed by atoms with E-state index in [1.165, 1.54) is 37.6 Å². The lowest BCUT2D eigenvalue weighted by Gasteiger charge is -2.09. The summed E-state index contributed by atoms with van der Waals surface area (Å²) in [6, 6.07) is 6.47. The fraction of sp³-hybridized carbons (Fsp3) is 0.200. The molecule has 0 saturated carbocycles. The van der Waals surface area contributed by atoms with Crippen LogP contribution in [0.25, 0.3) is 0 Å². The van der Waals surface area contributed by atoms with Crippen molar-refractivity contribution in [1.29, 1.82) is 0 Å². The number of benzene rings is 1. The quantitative estimate of drug-likeness (QED) is 0.786. The monoisotopic (exact) mass is 372 g/mol. The molecule has 9 heteroatoms. The second-order valence-electron chi connectivity index (χ2n) is 4.92. The fourth-order valence-corrected chi connectivity index (χ4v) is 3.12. The van der Waals surface area contributed by atoms with Gasteiger partial charge in [0.1, 0.15) is 11.0 Å². The molecule has 0 saturated heterocycles. The summed E-state index contributed by atoms with van der Waals surface area (Å²) in [5, 5.41) is 0.233. The van der Waals surface area contributed by atoms with Crippen molar-refractivity contribution in [2.75, 3.05) is 7.11 Å². The summed E-state index contributed by atoms with van der Waals surface area (Å²) >= 11 is 5.63. The number of hydrogen-bond acceptors (Lipinski definition) is 5. The minimum Gasteiger partial charge on any atom is -0.380 e. The van der Waals surface area contributed by atoms with E-state index in [0.29, 0.717) is 5.56 Å². The highest BCUT2D eigenvalue weighted by Gasteiger charge is 2.18. The maximum atomic E-state index is 13.5. The standard InChI is InChI=1S/C15H14ClFN2O4S/c1-23-8-12-6-11(3-4-13(12)17)15(20)19-24(21,22)9-10-2-5-14(16)18-7-10/h2-7H,8-9H2,1H3,(H,19,20). The summed E-state index contributed by atoms with van der Waals surface area (Å²) < 4.78 is 44.4. The lowest BCUT2D eigenvalue weighted by Crippen LogP contribution is -2.31. The molecule has 0 fully saturated rings. The Morgan fingerprint density at radius 3 is 2.71 bits per heavy atom. The molecule has 0 unspecified atom stereocenters. The Bertz CT molecular complexity index is 841. The number of carbonyl (C=O) groups is 1. The summed E-state index contributed by atoms with van der Waals surface area (Å²) in [6.07, 6.45) is 1.31. The van der Waals surface area contributed by atoms with E-state index in [1.54, 1.807) is 0 Å². The molecule has 24 heavy (non-hydrogen) atoms. The number of sulfonamides is 1. The Morgan fingerprint density at radius 2 is 2.08 bits per heavy atom. The summed E-state index contributed by atoms with van der Waals surface area (Å²) in [5.74, 6) is -1.83. The molecule has 0 aliphatic carbocycles. The van der Waals surface area contributed by atoms with Crippen LogP contribution in [-0.2, 0) is 27.1 Å². The zero-order chi connectivity index (χ0) is 17.7. The van der Waals surface area contributed by atoms with Gasteiger partial charge in [-0.25, -0.2) is 22.5 Å². The summed E-state index contributed by atoms with van der Waals surface area (Å²) in [7, 11) is -2.55. The van der Waals surface area contributed by atoms with Crippen molar-refractivity contribution in [2.24, 2.45) is 0 Å². The zero-order valence-electron chi connectivity index (χ0n) is 12.6. The van der Waals surface area contributed by atoms with Gasteiger partial charge in [0.2, 0.25) is 10.0 Å². The predicted octanol–water partition coefficient (Wildman–Crippen LogP) is 2.28. The first-order chi connectivity index (χ1) is 11.3. The smallest absolute Gasteiger partial charge is 0.264 e. The van der Waals surface area contributed by atoms with Gasteiger partial charge in [-0.2, -0.15) is 0 Å². The molecule has 6 nitrogen and oxygen atoms in total. The van der Waals surface area contributed by atoms with E-state index in [0.717, 1.165) is 6.07 Å². The van der Waals surface area contributed by atoms with Crippen LogP contribution < -0.4 is 4.72 Å². The molecule has 2 aromatic rings. The predicted molar refractivity (Wildman–Crippen MR) is 86.5 cm³/mol. The van der Waals surface area contributed by atoms with E-state index in [-0.39, 0.29) is 22.9 Å². The lowest BCUT2D eigenvalue weighted by atomic mass is 10.1. The van der Waals surface area contributed by atoms with Crippen molar-refractivity contribution in [1.82, 2.24) is 9.71 Å². The van der Waals surface area contributed by atoms with Crippen LogP contribution in [0.3, 0.4) is 0 Å². The third kappa shape index (κ3) is 4.98. The van der Waals surface area contributed by atoms with Gasteiger partial charge in [-0.3, -0.25) is 4.79 Å². The largest absolute Gasteiger partial charge is 0.380 e. The number of carbonyl (C=O) groups excluding carboxylic acids is 1. The van der Waals surface area contributed by atoms with Crippen LogP contribution in [0.15, 0.2) is 36.5 Å². The highest BCUT2D eigenvalue weighted by molar-refractivity contribution is 7.89. The Hall–Kier alpha value is -2.03. The van der Waals surface area contributed by atoms with Crippen molar-refractivity contribution in [3.8, 4) is 0 Å². The second kappa shape index (κ2) is 7.69. The molecule has 2 rings (SSSR count). The van der Waals surface area contributed by atoms with Crippen LogP contribution in [0.1, 0.15) is 21.5 Å². The van der Waals surface area contributed by atoms with E-state index in [2.05, 4.69) is 4.98 Å². The van der Waals surface area contributed by atoms with E-state index >= 15 is 0 Å². The zero-order valence-corrected chi connectivity index (χ0v) is 14.2. The Labute approximate surface area is 143 Å². The summed E-state index contributed by atoms with van der Waals surface area (Å²) in [4.78, 5) is 15.9. The Kier molecular flexibility index (Phi) is 5.87. The average Bonchev–Trinajstić information content (AvgIpc) is 2.51. The first kappa shape index (κ1) is 18.3. The molecule has 1 aromatic carbocycles. The Morgan fingerprint density at radius 1 is 1.33 bits per heavy atom. The van der Waals surface area contributed by atoms with Gasteiger partial charge in [-0.15, -0.1) is 0 Å². The maximum Gasteiger partial charge on any atom is 0.264 e. The van der Waals surface area contributed by atoms with Gasteiger partial charge in [-0.1, -0.05) is 17.7 Å². The molecular weight excluding hydrogens is 359 g/mol. The molecule has 128 valence electrons. The molecule has 1 N–H and O–H groups in total. The minimum atomic E-state index is -3.94. The van der Waals surface area contributed by atoms with Crippen molar-refractivity contribution in [2.45, 2.75) is 12.4 Å². The van der Waals surface area contributed by atoms with Gasteiger partial charge in [-0.05, 0) is 29.8 Å². The average molecular weight is 373 g/mol. The highest BCUT2D eigenvalue weighted by Crippen LogP contribution is 2.13. The van der Waals surface area contributed by atoms with E-state index in [9.17, 15) is 17.6 Å². The number of rotatable bonds is 6. The second-order valence-corrected chi connectivity index (χ2v) is 7.03. The van der Waals surface area contributed by atoms with Crippen LogP contribution >= 0.6 is 11.6 Å². The first-order valence-corrected chi connectivity index (χ1v) is 8.76. The van der Waals surface area contributed by atoms with Crippen LogP contribution in [0.4, 0.5) is 4.39 Å². The van der Waals surface area contributed by atoms with Crippen LogP contribution in [-0.4, -0.2) is 26.4 Å². The molecule has 1 aromatic heterocycles. The van der Waals surface area contributed by atoms with E-state index < -0.39 is 27.5 Å².